The number of hydrogen-bond donors (Lipinski definition) is 1. The Morgan fingerprint density at radius 3 is 3.06 bits per heavy atom. The molecule has 2 rings (SSSR count). The van der Waals surface area contributed by atoms with Gasteiger partial charge in [0.1, 0.15) is 5.76 Å². The third kappa shape index (κ3) is 2.44. The minimum atomic E-state index is 0.462. The summed E-state index contributed by atoms with van der Waals surface area (Å²) >= 11 is 0. The highest BCUT2D eigenvalue weighted by Crippen LogP contribution is 2.28. The van der Waals surface area contributed by atoms with Crippen LogP contribution in [0, 0.1) is 0 Å². The van der Waals surface area contributed by atoms with Crippen molar-refractivity contribution < 1.29 is 4.52 Å². The predicted octanol–water partition coefficient (Wildman–Crippen LogP) is 1.72. The zero-order valence-electron chi connectivity index (χ0n) is 10.1. The lowest BCUT2D eigenvalue weighted by Gasteiger charge is -2.34. The minimum Gasteiger partial charge on any atom is -0.361 e. The van der Waals surface area contributed by atoms with Gasteiger partial charge in [-0.3, -0.25) is 0 Å². The van der Waals surface area contributed by atoms with E-state index in [1.165, 1.54) is 19.4 Å². The molecule has 1 fully saturated rings. The lowest BCUT2D eigenvalue weighted by atomic mass is 9.94. The first kappa shape index (κ1) is 11.6. The highest BCUT2D eigenvalue weighted by atomic mass is 16.5. The van der Waals surface area contributed by atoms with Gasteiger partial charge in [0.2, 0.25) is 0 Å². The van der Waals surface area contributed by atoms with Crippen molar-refractivity contribution in [3.8, 4) is 0 Å². The molecule has 1 atom stereocenters. The Bertz CT molecular complexity index is 335. The second-order valence-electron chi connectivity index (χ2n) is 4.85. The number of nitrogens with zero attached hydrogens (tertiary/aromatic N) is 2. The molecule has 1 unspecified atom stereocenters. The van der Waals surface area contributed by atoms with Crippen molar-refractivity contribution in [1.29, 1.82) is 0 Å². The minimum absolute atomic E-state index is 0.462. The summed E-state index contributed by atoms with van der Waals surface area (Å²) in [7, 11) is 0. The van der Waals surface area contributed by atoms with Gasteiger partial charge >= 0.3 is 0 Å². The summed E-state index contributed by atoms with van der Waals surface area (Å²) in [6.45, 7) is 7.23. The smallest absolute Gasteiger partial charge is 0.141 e. The third-order valence-electron chi connectivity index (χ3n) is 3.37. The lowest BCUT2D eigenvalue weighted by molar-refractivity contribution is 0.155. The van der Waals surface area contributed by atoms with Gasteiger partial charge in [0, 0.05) is 31.1 Å². The van der Waals surface area contributed by atoms with Crippen LogP contribution < -0.4 is 5.73 Å². The maximum absolute atomic E-state index is 5.54. The molecule has 0 radical (unpaired) electrons. The van der Waals surface area contributed by atoms with E-state index >= 15 is 0 Å². The van der Waals surface area contributed by atoms with Gasteiger partial charge in [0.05, 0.1) is 5.69 Å². The average Bonchev–Trinajstić information content (AvgIpc) is 2.77. The van der Waals surface area contributed by atoms with Crippen LogP contribution in [0.25, 0.3) is 0 Å². The summed E-state index contributed by atoms with van der Waals surface area (Å²) in [5.41, 5.74) is 6.39. The van der Waals surface area contributed by atoms with Gasteiger partial charge in [-0.1, -0.05) is 5.16 Å². The topological polar surface area (TPSA) is 55.3 Å². The molecule has 1 aliphatic heterocycles. The fourth-order valence-corrected chi connectivity index (χ4v) is 2.32. The molecule has 0 bridgehead atoms. The van der Waals surface area contributed by atoms with Crippen LogP contribution in [0.3, 0.4) is 0 Å². The molecule has 0 aromatic carbocycles. The second kappa shape index (κ2) is 4.97. The normalized spacial score (nSPS) is 22.9. The van der Waals surface area contributed by atoms with E-state index in [1.54, 1.807) is 0 Å². The fraction of sp³-hybridized carbons (Fsp3) is 0.750. The number of nitrogens with two attached hydrogens (primary N) is 1. The van der Waals surface area contributed by atoms with Gasteiger partial charge in [-0.05, 0) is 33.2 Å². The van der Waals surface area contributed by atoms with E-state index in [4.69, 9.17) is 10.3 Å². The van der Waals surface area contributed by atoms with Gasteiger partial charge < -0.3 is 15.2 Å². The molecule has 1 aliphatic rings. The Kier molecular flexibility index (Phi) is 3.61. The molecule has 90 valence electrons. The van der Waals surface area contributed by atoms with Crippen LogP contribution in [-0.2, 0) is 6.54 Å². The highest BCUT2D eigenvalue weighted by Gasteiger charge is 2.25. The molecule has 16 heavy (non-hydrogen) atoms. The van der Waals surface area contributed by atoms with Crippen LogP contribution in [-0.4, -0.2) is 29.2 Å². The zero-order valence-corrected chi connectivity index (χ0v) is 10.1. The van der Waals surface area contributed by atoms with Crippen LogP contribution in [0.15, 0.2) is 10.6 Å². The second-order valence-corrected chi connectivity index (χ2v) is 4.85. The SMILES string of the molecule is CC(C)N1CCCC(c2cc(CN)no2)C1. The first-order valence-corrected chi connectivity index (χ1v) is 6.10. The summed E-state index contributed by atoms with van der Waals surface area (Å²) in [5, 5.41) is 3.96. The van der Waals surface area contributed by atoms with Crippen LogP contribution in [0.2, 0.25) is 0 Å². The first-order chi connectivity index (χ1) is 7.70. The summed E-state index contributed by atoms with van der Waals surface area (Å²) in [4.78, 5) is 2.50. The van der Waals surface area contributed by atoms with Crippen molar-refractivity contribution in [2.75, 3.05) is 13.1 Å². The molecule has 2 N–H and O–H groups in total. The summed E-state index contributed by atoms with van der Waals surface area (Å²) < 4.78 is 5.37. The number of aromatic nitrogens is 1. The summed E-state index contributed by atoms with van der Waals surface area (Å²) in [6, 6.07) is 2.62. The van der Waals surface area contributed by atoms with Gasteiger partial charge in [0.25, 0.3) is 0 Å². The van der Waals surface area contributed by atoms with E-state index < -0.39 is 0 Å². The van der Waals surface area contributed by atoms with Gasteiger partial charge in [-0.15, -0.1) is 0 Å². The van der Waals surface area contributed by atoms with Crippen molar-refractivity contribution >= 4 is 0 Å². The Morgan fingerprint density at radius 2 is 2.44 bits per heavy atom. The standard InChI is InChI=1S/C12H21N3O/c1-9(2)15-5-3-4-10(8-15)12-6-11(7-13)14-16-12/h6,9-10H,3-5,7-8,13H2,1-2H3. The molecular weight excluding hydrogens is 202 g/mol. The fourth-order valence-electron chi connectivity index (χ4n) is 2.32. The van der Waals surface area contributed by atoms with Crippen molar-refractivity contribution in [2.24, 2.45) is 5.73 Å². The lowest BCUT2D eigenvalue weighted by Crippen LogP contribution is -2.38. The largest absolute Gasteiger partial charge is 0.361 e. The molecule has 1 aromatic rings. The van der Waals surface area contributed by atoms with Gasteiger partial charge in [-0.25, -0.2) is 0 Å². The van der Waals surface area contributed by atoms with Crippen LogP contribution >= 0.6 is 0 Å². The van der Waals surface area contributed by atoms with Crippen molar-refractivity contribution in [2.45, 2.75) is 45.2 Å². The molecule has 2 heterocycles. The van der Waals surface area contributed by atoms with E-state index in [-0.39, 0.29) is 0 Å². The number of likely N-dealkylation sites (tertiary alicyclic amines) is 1. The molecule has 0 spiro atoms. The third-order valence-corrected chi connectivity index (χ3v) is 3.37. The number of piperidine rings is 1. The quantitative estimate of drug-likeness (QED) is 0.847. The van der Waals surface area contributed by atoms with Crippen molar-refractivity contribution in [3.05, 3.63) is 17.5 Å². The number of hydrogen-bond acceptors (Lipinski definition) is 4. The van der Waals surface area contributed by atoms with Gasteiger partial charge in [0.15, 0.2) is 0 Å². The van der Waals surface area contributed by atoms with Gasteiger partial charge in [-0.2, -0.15) is 0 Å². The molecule has 0 amide bonds. The average molecular weight is 223 g/mol. The first-order valence-electron chi connectivity index (χ1n) is 6.10. The predicted molar refractivity (Wildman–Crippen MR) is 63.1 cm³/mol. The monoisotopic (exact) mass is 223 g/mol. The van der Waals surface area contributed by atoms with Crippen LogP contribution in [0.5, 0.6) is 0 Å². The van der Waals surface area contributed by atoms with Crippen LogP contribution in [0.4, 0.5) is 0 Å². The summed E-state index contributed by atoms with van der Waals surface area (Å²) in [5.74, 6) is 1.50. The van der Waals surface area contributed by atoms with Crippen molar-refractivity contribution in [3.63, 3.8) is 0 Å². The molecular formula is C12H21N3O. The Morgan fingerprint density at radius 1 is 1.62 bits per heavy atom. The highest BCUT2D eigenvalue weighted by molar-refractivity contribution is 5.11. The zero-order chi connectivity index (χ0) is 11.5. The molecule has 4 heteroatoms. The molecule has 0 aliphatic carbocycles. The van der Waals surface area contributed by atoms with E-state index in [9.17, 15) is 0 Å². The van der Waals surface area contributed by atoms with E-state index in [0.29, 0.717) is 18.5 Å². The molecule has 4 nitrogen and oxygen atoms in total. The van der Waals surface area contributed by atoms with Crippen molar-refractivity contribution in [1.82, 2.24) is 10.1 Å². The summed E-state index contributed by atoms with van der Waals surface area (Å²) in [6.07, 6.45) is 2.43. The Hall–Kier alpha value is -0.870. The van der Waals surface area contributed by atoms with E-state index in [2.05, 4.69) is 23.9 Å². The van der Waals surface area contributed by atoms with E-state index in [1.807, 2.05) is 6.07 Å². The number of rotatable bonds is 3. The molecule has 1 aromatic heterocycles. The Balaban J connectivity index is 2.03. The maximum Gasteiger partial charge on any atom is 0.141 e. The van der Waals surface area contributed by atoms with E-state index in [0.717, 1.165) is 18.0 Å². The maximum atomic E-state index is 5.54. The Labute approximate surface area is 96.8 Å². The molecule has 0 saturated carbocycles. The molecule has 1 saturated heterocycles. The van der Waals surface area contributed by atoms with Crippen LogP contribution in [0.1, 0.15) is 44.1 Å².